The van der Waals surface area contributed by atoms with E-state index in [1.54, 1.807) is 0 Å². The van der Waals surface area contributed by atoms with Crippen LogP contribution in [0.4, 0.5) is 0 Å². The molecule has 23 heavy (non-hydrogen) atoms. The zero-order valence-electron chi connectivity index (χ0n) is 13.9. The quantitative estimate of drug-likeness (QED) is 0.788. The molecule has 0 spiro atoms. The van der Waals surface area contributed by atoms with Crippen molar-refractivity contribution in [1.82, 2.24) is 15.6 Å². The smallest absolute Gasteiger partial charge is 0.251 e. The molecule has 4 heteroatoms. The number of carbonyl (C=O) groups is 1. The van der Waals surface area contributed by atoms with Crippen LogP contribution in [0.3, 0.4) is 0 Å². The number of hydrogen-bond acceptors (Lipinski definition) is 3. The molecule has 2 rings (SSSR count). The van der Waals surface area contributed by atoms with E-state index in [0.29, 0.717) is 12.6 Å². The van der Waals surface area contributed by atoms with Crippen LogP contribution in [-0.4, -0.2) is 23.5 Å². The van der Waals surface area contributed by atoms with Crippen LogP contribution in [0.5, 0.6) is 0 Å². The van der Waals surface area contributed by atoms with Crippen LogP contribution in [0, 0.1) is 0 Å². The average Bonchev–Trinajstić information content (AvgIpc) is 2.59. The number of pyridine rings is 1. The van der Waals surface area contributed by atoms with Crippen molar-refractivity contribution in [2.75, 3.05) is 6.54 Å². The number of nitrogens with zero attached hydrogens (tertiary/aromatic N) is 1. The Bertz CT molecular complexity index is 613. The van der Waals surface area contributed by atoms with Gasteiger partial charge in [-0.05, 0) is 43.2 Å². The van der Waals surface area contributed by atoms with Crippen molar-refractivity contribution in [2.45, 2.75) is 39.3 Å². The second kappa shape index (κ2) is 9.06. The first kappa shape index (κ1) is 17.2. The molecule has 0 aliphatic rings. The summed E-state index contributed by atoms with van der Waals surface area (Å²) in [7, 11) is 0. The highest BCUT2D eigenvalue weighted by molar-refractivity contribution is 5.94. The Morgan fingerprint density at radius 3 is 2.83 bits per heavy atom. The number of nitrogens with one attached hydrogen (secondary N) is 2. The van der Waals surface area contributed by atoms with Crippen LogP contribution < -0.4 is 10.6 Å². The summed E-state index contributed by atoms with van der Waals surface area (Å²) in [6.45, 7) is 5.64. The van der Waals surface area contributed by atoms with E-state index in [9.17, 15) is 4.79 Å². The third kappa shape index (κ3) is 5.83. The third-order valence-corrected chi connectivity index (χ3v) is 3.62. The van der Waals surface area contributed by atoms with Crippen LogP contribution in [0.1, 0.15) is 41.9 Å². The molecule has 0 saturated carbocycles. The van der Waals surface area contributed by atoms with Crippen molar-refractivity contribution in [3.05, 3.63) is 65.5 Å². The van der Waals surface area contributed by atoms with Gasteiger partial charge in [-0.1, -0.05) is 25.1 Å². The lowest BCUT2D eigenvalue weighted by Gasteiger charge is -2.14. The van der Waals surface area contributed by atoms with Gasteiger partial charge in [-0.3, -0.25) is 9.78 Å². The Hall–Kier alpha value is -2.20. The molecule has 1 aromatic heterocycles. The van der Waals surface area contributed by atoms with Gasteiger partial charge in [-0.15, -0.1) is 0 Å². The summed E-state index contributed by atoms with van der Waals surface area (Å²) in [5.74, 6) is -0.00441. The fourth-order valence-electron chi connectivity index (χ4n) is 2.36. The summed E-state index contributed by atoms with van der Waals surface area (Å²) in [6, 6.07) is 14.1. The Balaban J connectivity index is 1.86. The van der Waals surface area contributed by atoms with E-state index < -0.39 is 0 Å². The maximum atomic E-state index is 12.0. The van der Waals surface area contributed by atoms with E-state index in [0.717, 1.165) is 36.2 Å². The van der Waals surface area contributed by atoms with Crippen LogP contribution >= 0.6 is 0 Å². The Morgan fingerprint density at radius 2 is 2.09 bits per heavy atom. The molecule has 2 N–H and O–H groups in total. The molecule has 0 saturated heterocycles. The molecule has 122 valence electrons. The normalized spacial score (nSPS) is 11.9. The summed E-state index contributed by atoms with van der Waals surface area (Å²) in [6.07, 6.45) is 3.65. The molecule has 1 aromatic carbocycles. The number of aromatic nitrogens is 1. The van der Waals surface area contributed by atoms with Crippen molar-refractivity contribution >= 4 is 5.91 Å². The zero-order valence-corrected chi connectivity index (χ0v) is 13.9. The van der Waals surface area contributed by atoms with Crippen LogP contribution in [0.25, 0.3) is 0 Å². The maximum absolute atomic E-state index is 12.0. The minimum atomic E-state index is -0.00441. The average molecular weight is 311 g/mol. The van der Waals surface area contributed by atoms with Gasteiger partial charge in [-0.2, -0.15) is 0 Å². The predicted molar refractivity (Wildman–Crippen MR) is 93.3 cm³/mol. The second-order valence-corrected chi connectivity index (χ2v) is 5.76. The van der Waals surface area contributed by atoms with E-state index in [-0.39, 0.29) is 5.91 Å². The molecular formula is C19H25N3O. The lowest BCUT2D eigenvalue weighted by atomic mass is 10.1. The first-order valence-electron chi connectivity index (χ1n) is 8.19. The van der Waals surface area contributed by atoms with Crippen LogP contribution in [-0.2, 0) is 13.0 Å². The topological polar surface area (TPSA) is 54.0 Å². The van der Waals surface area contributed by atoms with Gasteiger partial charge in [0, 0.05) is 43.0 Å². The maximum Gasteiger partial charge on any atom is 0.251 e. The first-order valence-corrected chi connectivity index (χ1v) is 8.19. The molecule has 4 nitrogen and oxygen atoms in total. The molecule has 1 heterocycles. The highest BCUT2D eigenvalue weighted by Gasteiger charge is 2.07. The molecule has 2 aromatic rings. The Kier molecular flexibility index (Phi) is 6.76. The van der Waals surface area contributed by atoms with Gasteiger partial charge in [0.1, 0.15) is 0 Å². The summed E-state index contributed by atoms with van der Waals surface area (Å²) < 4.78 is 0. The third-order valence-electron chi connectivity index (χ3n) is 3.62. The highest BCUT2D eigenvalue weighted by Crippen LogP contribution is 2.07. The summed E-state index contributed by atoms with van der Waals surface area (Å²) in [4.78, 5) is 16.3. The van der Waals surface area contributed by atoms with Gasteiger partial charge in [0.25, 0.3) is 5.91 Å². The van der Waals surface area contributed by atoms with Gasteiger partial charge in [-0.25, -0.2) is 0 Å². The number of rotatable bonds is 8. The second-order valence-electron chi connectivity index (χ2n) is 5.76. The summed E-state index contributed by atoms with van der Waals surface area (Å²) >= 11 is 0. The van der Waals surface area contributed by atoms with Gasteiger partial charge in [0.2, 0.25) is 0 Å². The van der Waals surface area contributed by atoms with Crippen LogP contribution in [0.15, 0.2) is 48.7 Å². The van der Waals surface area contributed by atoms with Gasteiger partial charge >= 0.3 is 0 Å². The number of benzene rings is 1. The molecule has 0 fully saturated rings. The molecule has 0 radical (unpaired) electrons. The van der Waals surface area contributed by atoms with Gasteiger partial charge in [0.15, 0.2) is 0 Å². The van der Waals surface area contributed by atoms with E-state index in [1.807, 2.05) is 55.6 Å². The monoisotopic (exact) mass is 311 g/mol. The first-order chi connectivity index (χ1) is 11.2. The van der Waals surface area contributed by atoms with E-state index >= 15 is 0 Å². The lowest BCUT2D eigenvalue weighted by molar-refractivity contribution is 0.0953. The summed E-state index contributed by atoms with van der Waals surface area (Å²) in [5, 5.41) is 6.39. The largest absolute Gasteiger partial charge is 0.352 e. The Morgan fingerprint density at radius 1 is 1.22 bits per heavy atom. The molecule has 0 aliphatic heterocycles. The van der Waals surface area contributed by atoms with Crippen molar-refractivity contribution in [3.8, 4) is 0 Å². The Labute approximate surface area is 138 Å². The number of amides is 1. The molecule has 1 amide bonds. The number of hydrogen-bond donors (Lipinski definition) is 2. The lowest BCUT2D eigenvalue weighted by Crippen LogP contribution is -2.28. The van der Waals surface area contributed by atoms with E-state index in [2.05, 4.69) is 22.5 Å². The van der Waals surface area contributed by atoms with E-state index in [1.165, 1.54) is 0 Å². The summed E-state index contributed by atoms with van der Waals surface area (Å²) in [5.41, 5.74) is 2.91. The number of carbonyl (C=O) groups excluding carboxylic acids is 1. The SMILES string of the molecule is CCCNC(=O)c1cccc(CNC(C)Cc2ccccn2)c1. The molecule has 0 bridgehead atoms. The van der Waals surface area contributed by atoms with Crippen molar-refractivity contribution in [2.24, 2.45) is 0 Å². The minimum absolute atomic E-state index is 0.00441. The van der Waals surface area contributed by atoms with Gasteiger partial charge in [0.05, 0.1) is 0 Å². The fourth-order valence-corrected chi connectivity index (χ4v) is 2.36. The fraction of sp³-hybridized carbons (Fsp3) is 0.368. The van der Waals surface area contributed by atoms with E-state index in [4.69, 9.17) is 0 Å². The standard InChI is InChI=1S/C19H25N3O/c1-3-10-21-19(23)17-8-6-7-16(13-17)14-22-15(2)12-18-9-4-5-11-20-18/h4-9,11,13,15,22H,3,10,12,14H2,1-2H3,(H,21,23). The molecular weight excluding hydrogens is 286 g/mol. The predicted octanol–water partition coefficient (Wildman–Crippen LogP) is 2.94. The van der Waals surface area contributed by atoms with Gasteiger partial charge < -0.3 is 10.6 Å². The minimum Gasteiger partial charge on any atom is -0.352 e. The van der Waals surface area contributed by atoms with Crippen molar-refractivity contribution in [1.29, 1.82) is 0 Å². The van der Waals surface area contributed by atoms with Crippen molar-refractivity contribution < 1.29 is 4.79 Å². The molecule has 0 aliphatic carbocycles. The zero-order chi connectivity index (χ0) is 16.5. The highest BCUT2D eigenvalue weighted by atomic mass is 16.1. The van der Waals surface area contributed by atoms with Crippen LogP contribution in [0.2, 0.25) is 0 Å². The van der Waals surface area contributed by atoms with Crippen molar-refractivity contribution in [3.63, 3.8) is 0 Å². The molecule has 1 atom stereocenters. The molecule has 1 unspecified atom stereocenters.